The van der Waals surface area contributed by atoms with E-state index in [2.05, 4.69) is 28.1 Å². The molecule has 0 saturated carbocycles. The van der Waals surface area contributed by atoms with Crippen LogP contribution in [0.4, 0.5) is 5.69 Å². The van der Waals surface area contributed by atoms with Gasteiger partial charge in [-0.2, -0.15) is 0 Å². The highest BCUT2D eigenvalue weighted by atomic mass is 16.5. The average molecular weight is 232 g/mol. The summed E-state index contributed by atoms with van der Waals surface area (Å²) in [5, 5.41) is 4.29. The van der Waals surface area contributed by atoms with Crippen molar-refractivity contribution in [2.45, 2.75) is 13.5 Å². The molecule has 1 heterocycles. The number of nitrogens with one attached hydrogen (secondary N) is 1. The number of esters is 1. The van der Waals surface area contributed by atoms with Gasteiger partial charge < -0.3 is 14.6 Å². The molecule has 0 fully saturated rings. The van der Waals surface area contributed by atoms with Crippen molar-refractivity contribution in [2.75, 3.05) is 19.0 Å². The van der Waals surface area contributed by atoms with Crippen molar-refractivity contribution in [2.24, 2.45) is 0 Å². The molecule has 4 nitrogen and oxygen atoms in total. The van der Waals surface area contributed by atoms with Crippen LogP contribution in [0, 0.1) is 0 Å². The molecule has 0 radical (unpaired) electrons. The third-order valence-electron chi connectivity index (χ3n) is 2.70. The summed E-state index contributed by atoms with van der Waals surface area (Å²) in [4.78, 5) is 10.7. The summed E-state index contributed by atoms with van der Waals surface area (Å²) < 4.78 is 7.02. The highest BCUT2D eigenvalue weighted by Crippen LogP contribution is 2.20. The number of benzene rings is 1. The first kappa shape index (κ1) is 11.5. The third kappa shape index (κ3) is 2.58. The van der Waals surface area contributed by atoms with Gasteiger partial charge in [0.05, 0.1) is 6.54 Å². The Bertz CT molecular complexity index is 531. The summed E-state index contributed by atoms with van der Waals surface area (Å²) in [6.45, 7) is 2.52. The second kappa shape index (κ2) is 4.91. The van der Waals surface area contributed by atoms with Crippen molar-refractivity contribution in [3.8, 4) is 0 Å². The van der Waals surface area contributed by atoms with Crippen LogP contribution in [0.2, 0.25) is 0 Å². The first-order chi connectivity index (χ1) is 8.20. The fourth-order valence-corrected chi connectivity index (χ4v) is 1.84. The number of fused-ring (bicyclic) bond motifs is 1. The van der Waals surface area contributed by atoms with Crippen molar-refractivity contribution in [3.63, 3.8) is 0 Å². The van der Waals surface area contributed by atoms with Crippen LogP contribution in [0.1, 0.15) is 6.92 Å². The Morgan fingerprint density at radius 2 is 2.24 bits per heavy atom. The zero-order valence-electron chi connectivity index (χ0n) is 10.1. The minimum Gasteiger partial charge on any atom is -0.464 e. The van der Waals surface area contributed by atoms with Gasteiger partial charge in [0.15, 0.2) is 0 Å². The molecule has 2 rings (SSSR count). The Labute approximate surface area is 100 Å². The van der Waals surface area contributed by atoms with Gasteiger partial charge in [0.2, 0.25) is 0 Å². The van der Waals surface area contributed by atoms with Gasteiger partial charge in [-0.3, -0.25) is 4.79 Å². The van der Waals surface area contributed by atoms with Gasteiger partial charge in [-0.05, 0) is 24.3 Å². The molecule has 0 bridgehead atoms. The van der Waals surface area contributed by atoms with E-state index < -0.39 is 0 Å². The molecule has 0 spiro atoms. The molecule has 0 atom stereocenters. The molecule has 4 heteroatoms. The van der Waals surface area contributed by atoms with Crippen LogP contribution in [0.3, 0.4) is 0 Å². The SMILES string of the molecule is CNc1ccc2c(ccn2CCOC(C)=O)c1. The second-order valence-corrected chi connectivity index (χ2v) is 3.87. The molecule has 17 heavy (non-hydrogen) atoms. The average Bonchev–Trinajstić information content (AvgIpc) is 2.71. The molecule has 0 aliphatic rings. The van der Waals surface area contributed by atoms with Crippen LogP contribution in [-0.2, 0) is 16.1 Å². The van der Waals surface area contributed by atoms with Crippen molar-refractivity contribution in [1.29, 1.82) is 0 Å². The third-order valence-corrected chi connectivity index (χ3v) is 2.70. The van der Waals surface area contributed by atoms with Crippen molar-refractivity contribution in [3.05, 3.63) is 30.5 Å². The molecule has 90 valence electrons. The molecule has 1 N–H and O–H groups in total. The largest absolute Gasteiger partial charge is 0.464 e. The summed E-state index contributed by atoms with van der Waals surface area (Å²) in [7, 11) is 1.90. The number of anilines is 1. The first-order valence-corrected chi connectivity index (χ1v) is 5.60. The number of nitrogens with zero attached hydrogens (tertiary/aromatic N) is 1. The van der Waals surface area contributed by atoms with E-state index in [0.717, 1.165) is 11.2 Å². The number of ether oxygens (including phenoxy) is 1. The Morgan fingerprint density at radius 3 is 2.94 bits per heavy atom. The number of hydrogen-bond donors (Lipinski definition) is 1. The number of carbonyl (C=O) groups excluding carboxylic acids is 1. The van der Waals surface area contributed by atoms with E-state index in [1.807, 2.05) is 19.3 Å². The molecule has 0 saturated heterocycles. The van der Waals surface area contributed by atoms with Crippen LogP contribution < -0.4 is 5.32 Å². The van der Waals surface area contributed by atoms with Gasteiger partial charge in [-0.1, -0.05) is 0 Å². The topological polar surface area (TPSA) is 43.3 Å². The van der Waals surface area contributed by atoms with Crippen LogP contribution >= 0.6 is 0 Å². The fraction of sp³-hybridized carbons (Fsp3) is 0.308. The van der Waals surface area contributed by atoms with Gasteiger partial charge in [-0.25, -0.2) is 0 Å². The highest BCUT2D eigenvalue weighted by Gasteiger charge is 2.02. The van der Waals surface area contributed by atoms with Gasteiger partial charge in [0.1, 0.15) is 6.61 Å². The standard InChI is InChI=1S/C13H16N2O2/c1-10(16)17-8-7-15-6-5-11-9-12(14-2)3-4-13(11)15/h3-6,9,14H,7-8H2,1-2H3. The lowest BCUT2D eigenvalue weighted by Crippen LogP contribution is -2.07. The second-order valence-electron chi connectivity index (χ2n) is 3.87. The summed E-state index contributed by atoms with van der Waals surface area (Å²) in [5.41, 5.74) is 2.24. The minimum absolute atomic E-state index is 0.237. The number of hydrogen-bond acceptors (Lipinski definition) is 3. The molecular formula is C13H16N2O2. The van der Waals surface area contributed by atoms with E-state index in [4.69, 9.17) is 4.74 Å². The van der Waals surface area contributed by atoms with Crippen molar-refractivity contribution < 1.29 is 9.53 Å². The van der Waals surface area contributed by atoms with Gasteiger partial charge in [0.25, 0.3) is 0 Å². The lowest BCUT2D eigenvalue weighted by Gasteiger charge is -2.06. The molecule has 0 amide bonds. The predicted octanol–water partition coefficient (Wildman–Crippen LogP) is 2.25. The van der Waals surface area contributed by atoms with Gasteiger partial charge >= 0.3 is 5.97 Å². The molecule has 0 unspecified atom stereocenters. The zero-order chi connectivity index (χ0) is 12.3. The Hall–Kier alpha value is -1.97. The molecule has 1 aromatic heterocycles. The number of carbonyl (C=O) groups is 1. The molecule has 0 aliphatic carbocycles. The van der Waals surface area contributed by atoms with E-state index >= 15 is 0 Å². The Morgan fingerprint density at radius 1 is 1.41 bits per heavy atom. The summed E-state index contributed by atoms with van der Waals surface area (Å²) in [6.07, 6.45) is 2.01. The normalized spacial score (nSPS) is 10.5. The van der Waals surface area contributed by atoms with E-state index in [0.29, 0.717) is 13.2 Å². The quantitative estimate of drug-likeness (QED) is 0.822. The van der Waals surface area contributed by atoms with E-state index in [1.165, 1.54) is 12.3 Å². The van der Waals surface area contributed by atoms with Gasteiger partial charge in [-0.15, -0.1) is 0 Å². The fourth-order valence-electron chi connectivity index (χ4n) is 1.84. The van der Waals surface area contributed by atoms with Gasteiger partial charge in [0, 0.05) is 36.8 Å². The molecule has 1 aromatic carbocycles. The predicted molar refractivity (Wildman–Crippen MR) is 68.1 cm³/mol. The number of rotatable bonds is 4. The van der Waals surface area contributed by atoms with Crippen molar-refractivity contribution in [1.82, 2.24) is 4.57 Å². The van der Waals surface area contributed by atoms with Crippen LogP contribution in [0.5, 0.6) is 0 Å². The van der Waals surface area contributed by atoms with Crippen LogP contribution in [0.25, 0.3) is 10.9 Å². The van der Waals surface area contributed by atoms with E-state index in [1.54, 1.807) is 0 Å². The summed E-state index contributed by atoms with van der Waals surface area (Å²) >= 11 is 0. The monoisotopic (exact) mass is 232 g/mol. The summed E-state index contributed by atoms with van der Waals surface area (Å²) in [5.74, 6) is -0.237. The molecule has 0 aliphatic heterocycles. The van der Waals surface area contributed by atoms with Crippen LogP contribution in [-0.4, -0.2) is 24.2 Å². The molecular weight excluding hydrogens is 216 g/mol. The van der Waals surface area contributed by atoms with E-state index in [9.17, 15) is 4.79 Å². The maximum Gasteiger partial charge on any atom is 0.302 e. The van der Waals surface area contributed by atoms with Crippen molar-refractivity contribution >= 4 is 22.6 Å². The smallest absolute Gasteiger partial charge is 0.302 e. The van der Waals surface area contributed by atoms with E-state index in [-0.39, 0.29) is 5.97 Å². The lowest BCUT2D eigenvalue weighted by molar-refractivity contribution is -0.141. The number of aromatic nitrogens is 1. The minimum atomic E-state index is -0.237. The Balaban J connectivity index is 2.16. The zero-order valence-corrected chi connectivity index (χ0v) is 10.1. The first-order valence-electron chi connectivity index (χ1n) is 5.60. The molecule has 2 aromatic rings. The lowest BCUT2D eigenvalue weighted by atomic mass is 10.2. The highest BCUT2D eigenvalue weighted by molar-refractivity contribution is 5.83. The Kier molecular flexibility index (Phi) is 3.32. The maximum absolute atomic E-state index is 10.7. The van der Waals surface area contributed by atoms with Crippen LogP contribution in [0.15, 0.2) is 30.5 Å². The summed E-state index contributed by atoms with van der Waals surface area (Å²) in [6, 6.07) is 8.25. The maximum atomic E-state index is 10.7.